The molecule has 2 N–H and O–H groups in total. The van der Waals surface area contributed by atoms with E-state index in [0.29, 0.717) is 18.9 Å². The molecule has 4 heteroatoms. The van der Waals surface area contributed by atoms with E-state index in [1.807, 2.05) is 20.9 Å². The van der Waals surface area contributed by atoms with E-state index in [2.05, 4.69) is 0 Å². The fraction of sp³-hybridized carbons (Fsp3) is 0.917. The summed E-state index contributed by atoms with van der Waals surface area (Å²) in [7, 11) is 1.83. The zero-order chi connectivity index (χ0) is 12.1. The van der Waals surface area contributed by atoms with Crippen molar-refractivity contribution in [3.63, 3.8) is 0 Å². The zero-order valence-corrected chi connectivity index (χ0v) is 10.6. The summed E-state index contributed by atoms with van der Waals surface area (Å²) in [4.78, 5) is 13.6. The van der Waals surface area contributed by atoms with E-state index in [0.717, 1.165) is 19.4 Å². The summed E-state index contributed by atoms with van der Waals surface area (Å²) >= 11 is 0. The molecule has 1 saturated heterocycles. The predicted octanol–water partition coefficient (Wildman–Crippen LogP) is 0.997. The van der Waals surface area contributed by atoms with Crippen LogP contribution in [0.2, 0.25) is 0 Å². The van der Waals surface area contributed by atoms with Gasteiger partial charge in [0.25, 0.3) is 0 Å². The van der Waals surface area contributed by atoms with Crippen molar-refractivity contribution in [2.24, 2.45) is 11.7 Å². The van der Waals surface area contributed by atoms with Crippen molar-refractivity contribution in [3.05, 3.63) is 0 Å². The van der Waals surface area contributed by atoms with Crippen LogP contribution in [0.1, 0.15) is 33.1 Å². The van der Waals surface area contributed by atoms with Crippen molar-refractivity contribution < 1.29 is 9.53 Å². The lowest BCUT2D eigenvalue weighted by Crippen LogP contribution is -2.39. The second-order valence-corrected chi connectivity index (χ2v) is 5.02. The lowest BCUT2D eigenvalue weighted by atomic mass is 10.0. The summed E-state index contributed by atoms with van der Waals surface area (Å²) in [5.41, 5.74) is 5.88. The number of hydrogen-bond acceptors (Lipinski definition) is 3. The number of hydrogen-bond donors (Lipinski definition) is 1. The van der Waals surface area contributed by atoms with E-state index in [4.69, 9.17) is 10.5 Å². The van der Waals surface area contributed by atoms with Gasteiger partial charge in [0, 0.05) is 32.7 Å². The first-order chi connectivity index (χ1) is 7.50. The van der Waals surface area contributed by atoms with Crippen LogP contribution in [0.4, 0.5) is 0 Å². The molecule has 0 aromatic rings. The predicted molar refractivity (Wildman–Crippen MR) is 64.0 cm³/mol. The first-order valence-corrected chi connectivity index (χ1v) is 6.12. The molecule has 0 saturated carbocycles. The molecule has 0 aliphatic carbocycles. The van der Waals surface area contributed by atoms with E-state index in [1.165, 1.54) is 0 Å². The molecule has 0 radical (unpaired) electrons. The third-order valence-electron chi connectivity index (χ3n) is 3.19. The van der Waals surface area contributed by atoms with Crippen LogP contribution in [-0.2, 0) is 9.53 Å². The summed E-state index contributed by atoms with van der Waals surface area (Å²) in [6.07, 6.45) is 2.83. The van der Waals surface area contributed by atoms with Crippen LogP contribution in [0.25, 0.3) is 0 Å². The maximum atomic E-state index is 11.8. The summed E-state index contributed by atoms with van der Waals surface area (Å²) < 4.78 is 5.50. The standard InChI is InChI=1S/C12H24N2O2/c1-9(2)11(13)7-12(15)14(3)8-10-5-4-6-16-10/h9-11H,4-8,13H2,1-3H3. The molecule has 1 amide bonds. The van der Waals surface area contributed by atoms with E-state index in [9.17, 15) is 4.79 Å². The molecule has 1 aliphatic heterocycles. The van der Waals surface area contributed by atoms with Crippen molar-refractivity contribution in [1.29, 1.82) is 0 Å². The Kier molecular flexibility index (Phi) is 5.22. The molecule has 1 rings (SSSR count). The molecule has 94 valence electrons. The Labute approximate surface area is 98.1 Å². The van der Waals surface area contributed by atoms with Crippen molar-refractivity contribution in [2.75, 3.05) is 20.2 Å². The van der Waals surface area contributed by atoms with Gasteiger partial charge in [-0.25, -0.2) is 0 Å². The number of likely N-dealkylation sites (N-methyl/N-ethyl adjacent to an activating group) is 1. The molecule has 0 bridgehead atoms. The van der Waals surface area contributed by atoms with Gasteiger partial charge < -0.3 is 15.4 Å². The van der Waals surface area contributed by atoms with Crippen molar-refractivity contribution in [1.82, 2.24) is 4.90 Å². The Balaban J connectivity index is 2.29. The van der Waals surface area contributed by atoms with Crippen LogP contribution in [0.5, 0.6) is 0 Å². The van der Waals surface area contributed by atoms with Gasteiger partial charge in [0.05, 0.1) is 6.10 Å². The topological polar surface area (TPSA) is 55.6 Å². The number of rotatable bonds is 5. The monoisotopic (exact) mass is 228 g/mol. The molecular weight excluding hydrogens is 204 g/mol. The fourth-order valence-electron chi connectivity index (χ4n) is 1.79. The quantitative estimate of drug-likeness (QED) is 0.763. The molecule has 4 nitrogen and oxygen atoms in total. The summed E-state index contributed by atoms with van der Waals surface area (Å²) in [5.74, 6) is 0.469. The first-order valence-electron chi connectivity index (χ1n) is 6.12. The van der Waals surface area contributed by atoms with Crippen LogP contribution in [-0.4, -0.2) is 43.2 Å². The molecule has 1 fully saturated rings. The van der Waals surface area contributed by atoms with Crippen LogP contribution >= 0.6 is 0 Å². The minimum Gasteiger partial charge on any atom is -0.376 e. The largest absolute Gasteiger partial charge is 0.376 e. The van der Waals surface area contributed by atoms with Gasteiger partial charge in [-0.15, -0.1) is 0 Å². The third-order valence-corrected chi connectivity index (χ3v) is 3.19. The average molecular weight is 228 g/mol. The van der Waals surface area contributed by atoms with Crippen molar-refractivity contribution in [2.45, 2.75) is 45.3 Å². The molecule has 2 unspecified atom stereocenters. The van der Waals surface area contributed by atoms with Gasteiger partial charge >= 0.3 is 0 Å². The maximum Gasteiger partial charge on any atom is 0.223 e. The number of nitrogens with two attached hydrogens (primary N) is 1. The van der Waals surface area contributed by atoms with Gasteiger partial charge in [-0.2, -0.15) is 0 Å². The number of carbonyl (C=O) groups excluding carboxylic acids is 1. The summed E-state index contributed by atoms with van der Waals surface area (Å²) in [6, 6.07) is -0.0422. The summed E-state index contributed by atoms with van der Waals surface area (Å²) in [5, 5.41) is 0. The molecule has 16 heavy (non-hydrogen) atoms. The molecule has 0 aromatic heterocycles. The van der Waals surface area contributed by atoms with E-state index >= 15 is 0 Å². The minimum atomic E-state index is -0.0422. The zero-order valence-electron chi connectivity index (χ0n) is 10.6. The van der Waals surface area contributed by atoms with Gasteiger partial charge in [-0.3, -0.25) is 4.79 Å². The highest BCUT2D eigenvalue weighted by Gasteiger charge is 2.21. The number of nitrogens with zero attached hydrogens (tertiary/aromatic N) is 1. The molecule has 1 aliphatic rings. The number of amides is 1. The Morgan fingerprint density at radius 3 is 2.75 bits per heavy atom. The molecule has 0 aromatic carbocycles. The second-order valence-electron chi connectivity index (χ2n) is 5.02. The van der Waals surface area contributed by atoms with Crippen molar-refractivity contribution >= 4 is 5.91 Å². The van der Waals surface area contributed by atoms with E-state index in [-0.39, 0.29) is 18.1 Å². The highest BCUT2D eigenvalue weighted by molar-refractivity contribution is 5.76. The van der Waals surface area contributed by atoms with E-state index in [1.54, 1.807) is 4.90 Å². The van der Waals surface area contributed by atoms with Crippen LogP contribution in [0.3, 0.4) is 0 Å². The second kappa shape index (κ2) is 6.21. The Hall–Kier alpha value is -0.610. The first kappa shape index (κ1) is 13.5. The molecule has 2 atom stereocenters. The average Bonchev–Trinajstić information content (AvgIpc) is 2.69. The van der Waals surface area contributed by atoms with Crippen LogP contribution in [0, 0.1) is 5.92 Å². The molecular formula is C12H24N2O2. The van der Waals surface area contributed by atoms with Gasteiger partial charge in [0.1, 0.15) is 0 Å². The normalized spacial score (nSPS) is 22.4. The van der Waals surface area contributed by atoms with E-state index < -0.39 is 0 Å². The van der Waals surface area contributed by atoms with Crippen LogP contribution in [0.15, 0.2) is 0 Å². The molecule has 0 spiro atoms. The highest BCUT2D eigenvalue weighted by Crippen LogP contribution is 2.13. The summed E-state index contributed by atoms with van der Waals surface area (Å²) in [6.45, 7) is 5.61. The fourth-order valence-corrected chi connectivity index (χ4v) is 1.79. The van der Waals surface area contributed by atoms with Crippen LogP contribution < -0.4 is 5.73 Å². The smallest absolute Gasteiger partial charge is 0.223 e. The Bertz CT molecular complexity index is 225. The number of carbonyl (C=O) groups is 1. The third kappa shape index (κ3) is 4.10. The highest BCUT2D eigenvalue weighted by atomic mass is 16.5. The van der Waals surface area contributed by atoms with Gasteiger partial charge in [0.15, 0.2) is 0 Å². The Morgan fingerprint density at radius 2 is 2.25 bits per heavy atom. The lowest BCUT2D eigenvalue weighted by Gasteiger charge is -2.23. The van der Waals surface area contributed by atoms with Gasteiger partial charge in [0.2, 0.25) is 5.91 Å². The van der Waals surface area contributed by atoms with Gasteiger partial charge in [-0.1, -0.05) is 13.8 Å². The Morgan fingerprint density at radius 1 is 1.56 bits per heavy atom. The molecule has 1 heterocycles. The minimum absolute atomic E-state index is 0.0422. The number of ether oxygens (including phenoxy) is 1. The SMILES string of the molecule is CC(C)C(N)CC(=O)N(C)CC1CCCO1. The lowest BCUT2D eigenvalue weighted by molar-refractivity contribution is -0.131. The van der Waals surface area contributed by atoms with Gasteiger partial charge in [-0.05, 0) is 18.8 Å². The maximum absolute atomic E-state index is 11.8. The van der Waals surface area contributed by atoms with Crippen molar-refractivity contribution in [3.8, 4) is 0 Å².